The Morgan fingerprint density at radius 3 is 2.94 bits per heavy atom. The van der Waals surface area contributed by atoms with Gasteiger partial charge < -0.3 is 21.1 Å². The highest BCUT2D eigenvalue weighted by Crippen LogP contribution is 2.25. The Kier molecular flexibility index (Phi) is 3.49. The summed E-state index contributed by atoms with van der Waals surface area (Å²) >= 11 is 1.25. The lowest BCUT2D eigenvalue weighted by molar-refractivity contribution is 0.0870. The third kappa shape index (κ3) is 2.50. The van der Waals surface area contributed by atoms with E-state index >= 15 is 0 Å². The third-order valence-corrected chi connectivity index (χ3v) is 3.85. The molecule has 0 spiro atoms. The zero-order chi connectivity index (χ0) is 12.4. The first-order chi connectivity index (χ1) is 8.11. The molecule has 1 aliphatic heterocycles. The number of amides is 1. The average molecular weight is 256 g/mol. The van der Waals surface area contributed by atoms with Gasteiger partial charge in [0, 0.05) is 13.7 Å². The molecule has 2 atom stereocenters. The monoisotopic (exact) mass is 256 g/mol. The number of nitrogen functional groups attached to an aromatic ring is 1. The summed E-state index contributed by atoms with van der Waals surface area (Å²) in [6.07, 6.45) is 0.890. The minimum absolute atomic E-state index is 0.0527. The second-order valence-corrected chi connectivity index (χ2v) is 4.93. The number of rotatable bonds is 3. The van der Waals surface area contributed by atoms with Crippen LogP contribution in [-0.2, 0) is 4.74 Å². The number of carbonyl (C=O) groups is 1. The minimum Gasteiger partial charge on any atom is -0.382 e. The Hall–Kier alpha value is -1.34. The molecular weight excluding hydrogens is 240 g/mol. The molecule has 1 amide bonds. The molecule has 1 aromatic heterocycles. The van der Waals surface area contributed by atoms with Crippen molar-refractivity contribution in [2.45, 2.75) is 25.5 Å². The van der Waals surface area contributed by atoms with Crippen LogP contribution in [0.25, 0.3) is 0 Å². The fraction of sp³-hybridized carbons (Fsp3) is 0.600. The van der Waals surface area contributed by atoms with Gasteiger partial charge in [0.05, 0.1) is 12.1 Å². The molecule has 7 heteroatoms. The number of carbonyl (C=O) groups excluding carboxylic acids is 1. The first kappa shape index (κ1) is 12.1. The molecule has 2 rings (SSSR count). The largest absolute Gasteiger partial charge is 0.382 e. The summed E-state index contributed by atoms with van der Waals surface area (Å²) in [6.45, 7) is 2.64. The lowest BCUT2D eigenvalue weighted by atomic mass is 10.1. The normalized spacial score (nSPS) is 23.6. The molecule has 0 bridgehead atoms. The molecule has 2 heterocycles. The zero-order valence-corrected chi connectivity index (χ0v) is 10.6. The van der Waals surface area contributed by atoms with Crippen molar-refractivity contribution in [3.05, 3.63) is 4.88 Å². The van der Waals surface area contributed by atoms with Gasteiger partial charge in [0.25, 0.3) is 5.91 Å². The number of anilines is 2. The fourth-order valence-corrected chi connectivity index (χ4v) is 2.50. The van der Waals surface area contributed by atoms with Crippen molar-refractivity contribution in [3.8, 4) is 0 Å². The number of hydrogen-bond donors (Lipinski definition) is 3. The van der Waals surface area contributed by atoms with Gasteiger partial charge in [-0.2, -0.15) is 0 Å². The van der Waals surface area contributed by atoms with Crippen molar-refractivity contribution >= 4 is 28.2 Å². The van der Waals surface area contributed by atoms with Gasteiger partial charge >= 0.3 is 0 Å². The number of thiazole rings is 1. The summed E-state index contributed by atoms with van der Waals surface area (Å²) < 4.78 is 5.39. The first-order valence-electron chi connectivity index (χ1n) is 5.48. The van der Waals surface area contributed by atoms with Crippen LogP contribution >= 0.6 is 11.3 Å². The quantitative estimate of drug-likeness (QED) is 0.740. The number of hydrogen-bond acceptors (Lipinski definition) is 6. The van der Waals surface area contributed by atoms with Crippen LogP contribution in [0.3, 0.4) is 0 Å². The molecule has 94 valence electrons. The van der Waals surface area contributed by atoms with Crippen LogP contribution in [0.15, 0.2) is 0 Å². The molecular formula is C10H16N4O2S. The van der Waals surface area contributed by atoms with Gasteiger partial charge in [0.15, 0.2) is 5.13 Å². The van der Waals surface area contributed by atoms with E-state index in [0.29, 0.717) is 16.6 Å². The number of aromatic nitrogens is 1. The van der Waals surface area contributed by atoms with Crippen molar-refractivity contribution in [3.63, 3.8) is 0 Å². The van der Waals surface area contributed by atoms with Gasteiger partial charge in [0.2, 0.25) is 0 Å². The lowest BCUT2D eigenvalue weighted by Crippen LogP contribution is -2.39. The molecule has 2 unspecified atom stereocenters. The van der Waals surface area contributed by atoms with E-state index in [0.717, 1.165) is 6.42 Å². The van der Waals surface area contributed by atoms with Crippen LogP contribution in [0.4, 0.5) is 10.9 Å². The second kappa shape index (κ2) is 4.89. The molecule has 0 aromatic carbocycles. The molecule has 0 radical (unpaired) electrons. The van der Waals surface area contributed by atoms with Crippen molar-refractivity contribution < 1.29 is 9.53 Å². The molecule has 4 N–H and O–H groups in total. The molecule has 1 aromatic rings. The highest BCUT2D eigenvalue weighted by atomic mass is 32.1. The molecule has 17 heavy (non-hydrogen) atoms. The van der Waals surface area contributed by atoms with Gasteiger partial charge in [-0.25, -0.2) is 4.98 Å². The highest BCUT2D eigenvalue weighted by Gasteiger charge is 2.27. The van der Waals surface area contributed by atoms with E-state index in [1.54, 1.807) is 7.05 Å². The Labute approximate surface area is 104 Å². The number of nitrogens with zero attached hydrogens (tertiary/aromatic N) is 1. The van der Waals surface area contributed by atoms with Crippen LogP contribution in [0.2, 0.25) is 0 Å². The Balaban J connectivity index is 2.06. The van der Waals surface area contributed by atoms with Gasteiger partial charge in [-0.1, -0.05) is 11.3 Å². The molecule has 1 saturated heterocycles. The van der Waals surface area contributed by atoms with Crippen molar-refractivity contribution in [1.82, 2.24) is 10.3 Å². The maximum absolute atomic E-state index is 12.0. The van der Waals surface area contributed by atoms with Gasteiger partial charge in [0.1, 0.15) is 10.7 Å². The minimum atomic E-state index is -0.177. The summed E-state index contributed by atoms with van der Waals surface area (Å²) in [5.74, 6) is 0.0901. The van der Waals surface area contributed by atoms with Gasteiger partial charge in [-0.05, 0) is 13.3 Å². The number of nitrogens with one attached hydrogen (secondary N) is 2. The van der Waals surface area contributed by atoms with E-state index in [2.05, 4.69) is 15.6 Å². The van der Waals surface area contributed by atoms with Gasteiger partial charge in [-0.3, -0.25) is 4.79 Å². The van der Waals surface area contributed by atoms with Crippen LogP contribution in [0.5, 0.6) is 0 Å². The number of nitrogens with two attached hydrogens (primary N) is 1. The Bertz CT molecular complexity index is 420. The summed E-state index contributed by atoms with van der Waals surface area (Å²) in [6, 6.07) is 0.0574. The topological polar surface area (TPSA) is 89.3 Å². The Morgan fingerprint density at radius 1 is 1.65 bits per heavy atom. The Morgan fingerprint density at radius 2 is 2.41 bits per heavy atom. The van der Waals surface area contributed by atoms with Crippen LogP contribution in [-0.4, -0.2) is 36.7 Å². The number of ether oxygens (including phenoxy) is 1. The molecule has 0 saturated carbocycles. The second-order valence-electron chi connectivity index (χ2n) is 3.93. The smallest absolute Gasteiger partial charge is 0.265 e. The molecule has 6 nitrogen and oxygen atoms in total. The summed E-state index contributed by atoms with van der Waals surface area (Å²) in [5, 5.41) is 6.43. The van der Waals surface area contributed by atoms with Crippen molar-refractivity contribution in [2.75, 3.05) is 24.7 Å². The van der Waals surface area contributed by atoms with Gasteiger partial charge in [-0.15, -0.1) is 0 Å². The predicted molar refractivity (Wildman–Crippen MR) is 67.4 cm³/mol. The van der Waals surface area contributed by atoms with E-state index in [4.69, 9.17) is 10.5 Å². The van der Waals surface area contributed by atoms with E-state index in [-0.39, 0.29) is 23.9 Å². The van der Waals surface area contributed by atoms with E-state index < -0.39 is 0 Å². The molecule has 1 fully saturated rings. The first-order valence-corrected chi connectivity index (χ1v) is 6.30. The summed E-state index contributed by atoms with van der Waals surface area (Å²) in [4.78, 5) is 16.5. The van der Waals surface area contributed by atoms with Crippen LogP contribution in [0.1, 0.15) is 23.0 Å². The van der Waals surface area contributed by atoms with Crippen molar-refractivity contribution in [2.24, 2.45) is 0 Å². The van der Waals surface area contributed by atoms with Crippen molar-refractivity contribution in [1.29, 1.82) is 0 Å². The maximum atomic E-state index is 12.0. The maximum Gasteiger partial charge on any atom is 0.265 e. The van der Waals surface area contributed by atoms with Crippen LogP contribution < -0.4 is 16.4 Å². The van der Waals surface area contributed by atoms with Crippen LogP contribution in [0, 0.1) is 0 Å². The third-order valence-electron chi connectivity index (χ3n) is 2.77. The van der Waals surface area contributed by atoms with E-state index in [1.807, 2.05) is 6.92 Å². The predicted octanol–water partition coefficient (Wildman–Crippen LogP) is 0.674. The SMILES string of the molecule is CNc1nc(N)c(C(=O)NC2CCOC2C)s1. The van der Waals surface area contributed by atoms with E-state index in [1.165, 1.54) is 11.3 Å². The molecule has 0 aliphatic carbocycles. The standard InChI is InChI=1S/C10H16N4O2S/c1-5-6(3-4-16-5)13-9(15)7-8(11)14-10(12-2)17-7/h5-6H,3-4,11H2,1-2H3,(H,12,14)(H,13,15). The zero-order valence-electron chi connectivity index (χ0n) is 9.82. The highest BCUT2D eigenvalue weighted by molar-refractivity contribution is 7.18. The summed E-state index contributed by atoms with van der Waals surface area (Å²) in [5.41, 5.74) is 5.69. The van der Waals surface area contributed by atoms with E-state index in [9.17, 15) is 4.79 Å². The lowest BCUT2D eigenvalue weighted by Gasteiger charge is -2.15. The average Bonchev–Trinajstić information content (AvgIpc) is 2.86. The summed E-state index contributed by atoms with van der Waals surface area (Å²) in [7, 11) is 1.74. The fourth-order valence-electron chi connectivity index (χ4n) is 1.76. The molecule has 1 aliphatic rings.